The van der Waals surface area contributed by atoms with Crippen molar-refractivity contribution in [3.8, 4) is 0 Å². The van der Waals surface area contributed by atoms with Gasteiger partial charge in [0.2, 0.25) is 10.0 Å². The first-order valence-corrected chi connectivity index (χ1v) is 11.9. The zero-order chi connectivity index (χ0) is 20.3. The second kappa shape index (κ2) is 8.71. The summed E-state index contributed by atoms with van der Waals surface area (Å²) in [5, 5.41) is 3.46. The van der Waals surface area contributed by atoms with E-state index in [0.717, 1.165) is 37.8 Å². The fourth-order valence-electron chi connectivity index (χ4n) is 3.22. The van der Waals surface area contributed by atoms with Gasteiger partial charge in [-0.2, -0.15) is 0 Å². The third-order valence-corrected chi connectivity index (χ3v) is 7.96. The topological polar surface area (TPSA) is 79.4 Å². The van der Waals surface area contributed by atoms with Gasteiger partial charge in [-0.1, -0.05) is 20.3 Å². The monoisotopic (exact) mass is 421 g/mol. The van der Waals surface area contributed by atoms with Crippen LogP contribution < -0.4 is 5.32 Å². The van der Waals surface area contributed by atoms with E-state index in [9.17, 15) is 13.2 Å². The number of nitrogens with zero attached hydrogens (tertiary/aromatic N) is 2. The largest absolute Gasteiger partial charge is 0.298 e. The highest BCUT2D eigenvalue weighted by Gasteiger charge is 2.22. The maximum atomic E-state index is 12.6. The fourth-order valence-corrected chi connectivity index (χ4v) is 5.60. The maximum absolute atomic E-state index is 12.6. The van der Waals surface area contributed by atoms with Crippen molar-refractivity contribution in [3.05, 3.63) is 40.4 Å². The number of benzene rings is 1. The van der Waals surface area contributed by atoms with Crippen LogP contribution in [0.3, 0.4) is 0 Å². The number of anilines is 1. The first-order chi connectivity index (χ1) is 13.3. The highest BCUT2D eigenvalue weighted by molar-refractivity contribution is 7.89. The summed E-state index contributed by atoms with van der Waals surface area (Å²) in [6.45, 7) is 4.73. The predicted octanol–water partition coefficient (Wildman–Crippen LogP) is 3.94. The number of amides is 1. The number of hydrogen-bond acceptors (Lipinski definition) is 5. The zero-order valence-electron chi connectivity index (χ0n) is 16.6. The van der Waals surface area contributed by atoms with Crippen molar-refractivity contribution in [1.29, 1.82) is 0 Å². The molecule has 6 nitrogen and oxygen atoms in total. The number of carbonyl (C=O) groups excluding carboxylic acids is 1. The Morgan fingerprint density at radius 1 is 1.32 bits per heavy atom. The maximum Gasteiger partial charge on any atom is 0.257 e. The van der Waals surface area contributed by atoms with Crippen molar-refractivity contribution in [1.82, 2.24) is 9.29 Å². The van der Waals surface area contributed by atoms with Gasteiger partial charge in [-0.05, 0) is 55.9 Å². The second-order valence-electron chi connectivity index (χ2n) is 7.40. The van der Waals surface area contributed by atoms with Crippen LogP contribution in [0.1, 0.15) is 54.0 Å². The lowest BCUT2D eigenvalue weighted by molar-refractivity contribution is 0.102. The molecule has 28 heavy (non-hydrogen) atoms. The molecule has 1 aromatic carbocycles. The molecule has 8 heteroatoms. The van der Waals surface area contributed by atoms with Gasteiger partial charge in [0.1, 0.15) is 0 Å². The van der Waals surface area contributed by atoms with Crippen molar-refractivity contribution >= 4 is 32.4 Å². The Kier molecular flexibility index (Phi) is 6.52. The lowest BCUT2D eigenvalue weighted by Gasteiger charge is -2.16. The molecule has 0 spiro atoms. The quantitative estimate of drug-likeness (QED) is 0.734. The number of nitrogens with one attached hydrogen (secondary N) is 1. The number of rotatable bonds is 7. The van der Waals surface area contributed by atoms with Gasteiger partial charge in [-0.15, -0.1) is 11.3 Å². The number of aromatic nitrogens is 1. The van der Waals surface area contributed by atoms with Gasteiger partial charge < -0.3 is 0 Å². The number of thiazole rings is 1. The van der Waals surface area contributed by atoms with Crippen LogP contribution in [0.4, 0.5) is 5.13 Å². The minimum atomic E-state index is -3.53. The molecule has 0 bridgehead atoms. The standard InChI is InChI=1S/C20H27N3O3S2/c1-4-5-12-23(3)28(25,26)16-9-7-15(8-10-16)19(24)22-20-21-17-11-6-14(2)13-18(17)27-20/h7-10,14H,4-6,11-13H2,1-3H3,(H,21,22,24). The van der Waals surface area contributed by atoms with Gasteiger partial charge in [-0.25, -0.2) is 17.7 Å². The molecule has 1 aliphatic rings. The first-order valence-electron chi connectivity index (χ1n) is 9.67. The molecule has 1 amide bonds. The van der Waals surface area contributed by atoms with Crippen LogP contribution in [0.15, 0.2) is 29.2 Å². The minimum absolute atomic E-state index is 0.196. The van der Waals surface area contributed by atoms with E-state index in [1.54, 1.807) is 19.2 Å². The van der Waals surface area contributed by atoms with Crippen molar-refractivity contribution < 1.29 is 13.2 Å². The van der Waals surface area contributed by atoms with Crippen LogP contribution in [0.25, 0.3) is 0 Å². The van der Waals surface area contributed by atoms with Crippen molar-refractivity contribution in [3.63, 3.8) is 0 Å². The molecule has 1 unspecified atom stereocenters. The van der Waals surface area contributed by atoms with Crippen LogP contribution in [-0.4, -0.2) is 37.2 Å². The van der Waals surface area contributed by atoms with E-state index in [0.29, 0.717) is 23.2 Å². The van der Waals surface area contributed by atoms with Gasteiger partial charge in [0, 0.05) is 24.0 Å². The van der Waals surface area contributed by atoms with Crippen LogP contribution in [0.5, 0.6) is 0 Å². The van der Waals surface area contributed by atoms with Crippen molar-refractivity contribution in [2.24, 2.45) is 5.92 Å². The number of hydrogen-bond donors (Lipinski definition) is 1. The zero-order valence-corrected chi connectivity index (χ0v) is 18.2. The Labute approximate surface area is 171 Å². The summed E-state index contributed by atoms with van der Waals surface area (Å²) in [4.78, 5) is 18.5. The van der Waals surface area contributed by atoms with E-state index in [1.165, 1.54) is 32.7 Å². The van der Waals surface area contributed by atoms with Gasteiger partial charge >= 0.3 is 0 Å². The Morgan fingerprint density at radius 2 is 2.04 bits per heavy atom. The average molecular weight is 422 g/mol. The summed E-state index contributed by atoms with van der Waals surface area (Å²) >= 11 is 1.54. The lowest BCUT2D eigenvalue weighted by Crippen LogP contribution is -2.28. The number of aryl methyl sites for hydroxylation is 1. The van der Waals surface area contributed by atoms with Crippen LogP contribution >= 0.6 is 11.3 Å². The van der Waals surface area contributed by atoms with Gasteiger partial charge in [-0.3, -0.25) is 10.1 Å². The molecule has 1 atom stereocenters. The van der Waals surface area contributed by atoms with E-state index in [1.807, 2.05) is 6.92 Å². The summed E-state index contributed by atoms with van der Waals surface area (Å²) in [5.74, 6) is 0.379. The van der Waals surface area contributed by atoms with Crippen molar-refractivity contribution in [2.75, 3.05) is 18.9 Å². The van der Waals surface area contributed by atoms with E-state index in [2.05, 4.69) is 17.2 Å². The average Bonchev–Trinajstić information content (AvgIpc) is 3.07. The Bertz CT molecular complexity index is 936. The van der Waals surface area contributed by atoms with Crippen LogP contribution in [0.2, 0.25) is 0 Å². The van der Waals surface area contributed by atoms with Crippen LogP contribution in [-0.2, 0) is 22.9 Å². The molecule has 0 aliphatic heterocycles. The number of fused-ring (bicyclic) bond motifs is 1. The number of carbonyl (C=O) groups is 1. The highest BCUT2D eigenvalue weighted by Crippen LogP contribution is 2.32. The summed E-state index contributed by atoms with van der Waals surface area (Å²) < 4.78 is 26.5. The highest BCUT2D eigenvalue weighted by atomic mass is 32.2. The van der Waals surface area contributed by atoms with Gasteiger partial charge in [0.05, 0.1) is 10.6 Å². The molecule has 0 saturated carbocycles. The molecular weight excluding hydrogens is 394 g/mol. The fraction of sp³-hybridized carbons (Fsp3) is 0.500. The first kappa shape index (κ1) is 21.0. The summed E-state index contributed by atoms with van der Waals surface area (Å²) in [6, 6.07) is 6.07. The Hall–Kier alpha value is -1.77. The Balaban J connectivity index is 1.69. The number of sulfonamides is 1. The van der Waals surface area contributed by atoms with Gasteiger partial charge in [0.25, 0.3) is 5.91 Å². The molecule has 152 valence electrons. The van der Waals surface area contributed by atoms with E-state index in [-0.39, 0.29) is 10.8 Å². The third-order valence-electron chi connectivity index (χ3n) is 5.06. The van der Waals surface area contributed by atoms with Crippen molar-refractivity contribution in [2.45, 2.75) is 50.8 Å². The van der Waals surface area contributed by atoms with E-state index < -0.39 is 10.0 Å². The molecule has 0 fully saturated rings. The van der Waals surface area contributed by atoms with E-state index >= 15 is 0 Å². The molecule has 1 heterocycles. The molecule has 2 aromatic rings. The normalized spacial score (nSPS) is 16.8. The van der Waals surface area contributed by atoms with Gasteiger partial charge in [0.15, 0.2) is 5.13 Å². The minimum Gasteiger partial charge on any atom is -0.298 e. The number of unbranched alkanes of at least 4 members (excludes halogenated alkanes) is 1. The second-order valence-corrected chi connectivity index (χ2v) is 10.5. The molecule has 1 N–H and O–H groups in total. The molecule has 1 aromatic heterocycles. The van der Waals surface area contributed by atoms with Crippen LogP contribution in [0, 0.1) is 5.92 Å². The predicted molar refractivity (Wildman–Crippen MR) is 112 cm³/mol. The SMILES string of the molecule is CCCCN(C)S(=O)(=O)c1ccc(C(=O)Nc2nc3c(s2)CC(C)CC3)cc1. The smallest absolute Gasteiger partial charge is 0.257 e. The van der Waals surface area contributed by atoms with E-state index in [4.69, 9.17) is 0 Å². The molecule has 3 rings (SSSR count). The summed E-state index contributed by atoms with van der Waals surface area (Å²) in [6.07, 6.45) is 4.85. The molecule has 0 saturated heterocycles. The Morgan fingerprint density at radius 3 is 2.71 bits per heavy atom. The molecule has 1 aliphatic carbocycles. The summed E-state index contributed by atoms with van der Waals surface area (Å²) in [5.41, 5.74) is 1.51. The third kappa shape index (κ3) is 4.61. The summed E-state index contributed by atoms with van der Waals surface area (Å²) in [7, 11) is -1.95. The molecule has 0 radical (unpaired) electrons. The lowest BCUT2D eigenvalue weighted by atomic mass is 9.93. The molecular formula is C20H27N3O3S2.